The zero-order valence-corrected chi connectivity index (χ0v) is 12.1. The van der Waals surface area contributed by atoms with Crippen molar-refractivity contribution >= 4 is 0 Å². The van der Waals surface area contributed by atoms with E-state index in [4.69, 9.17) is 0 Å². The van der Waals surface area contributed by atoms with E-state index >= 15 is 0 Å². The summed E-state index contributed by atoms with van der Waals surface area (Å²) in [7, 11) is 0. The van der Waals surface area contributed by atoms with E-state index in [0.717, 1.165) is 12.0 Å². The second-order valence-electron chi connectivity index (χ2n) is 6.48. The number of phenols is 1. The van der Waals surface area contributed by atoms with Gasteiger partial charge in [0.15, 0.2) is 0 Å². The summed E-state index contributed by atoms with van der Waals surface area (Å²) in [6, 6.07) is 7.22. The highest BCUT2D eigenvalue weighted by atomic mass is 16.3. The van der Waals surface area contributed by atoms with E-state index in [2.05, 4.69) is 24.8 Å². The minimum Gasteiger partial charge on any atom is -0.508 e. The number of hydrogen-bond acceptors (Lipinski definition) is 2. The van der Waals surface area contributed by atoms with Crippen LogP contribution in [-0.4, -0.2) is 22.6 Å². The molecule has 1 heterocycles. The number of nitrogens with zero attached hydrogens (tertiary/aromatic N) is 1. The molecule has 1 aromatic carbocycles. The summed E-state index contributed by atoms with van der Waals surface area (Å²) in [5.74, 6) is 1.15. The van der Waals surface area contributed by atoms with Gasteiger partial charge in [-0.05, 0) is 67.8 Å². The topological polar surface area (TPSA) is 23.5 Å². The molecule has 104 valence electrons. The van der Waals surface area contributed by atoms with Crippen molar-refractivity contribution < 1.29 is 5.11 Å². The second kappa shape index (κ2) is 5.16. The number of phenolic OH excluding ortho intramolecular Hbond substituents is 1. The Hall–Kier alpha value is -1.02. The van der Waals surface area contributed by atoms with E-state index in [0.29, 0.717) is 11.8 Å². The third-order valence-electron chi connectivity index (χ3n) is 4.92. The summed E-state index contributed by atoms with van der Waals surface area (Å²) in [5.41, 5.74) is 2.84. The van der Waals surface area contributed by atoms with E-state index in [-0.39, 0.29) is 0 Å². The molecule has 1 aliphatic heterocycles. The zero-order valence-electron chi connectivity index (χ0n) is 12.1. The fourth-order valence-electron chi connectivity index (χ4n) is 4.02. The molecule has 0 spiro atoms. The van der Waals surface area contributed by atoms with Crippen LogP contribution >= 0.6 is 0 Å². The number of rotatable bonds is 2. The van der Waals surface area contributed by atoms with E-state index in [1.54, 1.807) is 0 Å². The summed E-state index contributed by atoms with van der Waals surface area (Å²) < 4.78 is 0. The lowest BCUT2D eigenvalue weighted by Gasteiger charge is -2.38. The van der Waals surface area contributed by atoms with E-state index in [1.165, 1.54) is 49.8 Å². The summed E-state index contributed by atoms with van der Waals surface area (Å²) >= 11 is 0. The average Bonchev–Trinajstić information content (AvgIpc) is 2.87. The second-order valence-corrected chi connectivity index (χ2v) is 6.48. The smallest absolute Gasteiger partial charge is 0.115 e. The SMILES string of the molecule is CC(C)C1CCCN1C1CCCc2ccc(O)cc21. The van der Waals surface area contributed by atoms with Gasteiger partial charge in [0.25, 0.3) is 0 Å². The first kappa shape index (κ1) is 13.0. The van der Waals surface area contributed by atoms with Gasteiger partial charge in [0.2, 0.25) is 0 Å². The van der Waals surface area contributed by atoms with Crippen LogP contribution in [0.3, 0.4) is 0 Å². The lowest BCUT2D eigenvalue weighted by atomic mass is 9.85. The molecule has 2 aliphatic rings. The third-order valence-corrected chi connectivity index (χ3v) is 4.92. The van der Waals surface area contributed by atoms with Crippen LogP contribution in [0.25, 0.3) is 0 Å². The number of fused-ring (bicyclic) bond motifs is 1. The van der Waals surface area contributed by atoms with Gasteiger partial charge in [0.05, 0.1) is 0 Å². The zero-order chi connectivity index (χ0) is 13.4. The van der Waals surface area contributed by atoms with Crippen molar-refractivity contribution in [2.24, 2.45) is 5.92 Å². The van der Waals surface area contributed by atoms with E-state index in [9.17, 15) is 5.11 Å². The molecular formula is C17H25NO. The fraction of sp³-hybridized carbons (Fsp3) is 0.647. The van der Waals surface area contributed by atoms with Gasteiger partial charge < -0.3 is 5.11 Å². The minimum absolute atomic E-state index is 0.422. The summed E-state index contributed by atoms with van der Waals surface area (Å²) in [5, 5.41) is 9.81. The molecule has 2 nitrogen and oxygen atoms in total. The van der Waals surface area contributed by atoms with Gasteiger partial charge in [-0.3, -0.25) is 4.90 Å². The van der Waals surface area contributed by atoms with Crippen LogP contribution in [0.15, 0.2) is 18.2 Å². The Bertz CT molecular complexity index is 455. The van der Waals surface area contributed by atoms with Crippen LogP contribution < -0.4 is 0 Å². The third kappa shape index (κ3) is 2.38. The van der Waals surface area contributed by atoms with Gasteiger partial charge in [-0.25, -0.2) is 0 Å². The van der Waals surface area contributed by atoms with Crippen LogP contribution in [-0.2, 0) is 6.42 Å². The maximum absolute atomic E-state index is 9.81. The first-order valence-corrected chi connectivity index (χ1v) is 7.74. The fourth-order valence-corrected chi connectivity index (χ4v) is 4.02. The van der Waals surface area contributed by atoms with Crippen molar-refractivity contribution in [3.05, 3.63) is 29.3 Å². The summed E-state index contributed by atoms with van der Waals surface area (Å²) in [6.45, 7) is 5.91. The first-order chi connectivity index (χ1) is 9.16. The predicted molar refractivity (Wildman–Crippen MR) is 78.4 cm³/mol. The van der Waals surface area contributed by atoms with Gasteiger partial charge >= 0.3 is 0 Å². The highest BCUT2D eigenvalue weighted by molar-refractivity contribution is 5.38. The van der Waals surface area contributed by atoms with Gasteiger partial charge in [-0.2, -0.15) is 0 Å². The van der Waals surface area contributed by atoms with Gasteiger partial charge in [-0.15, -0.1) is 0 Å². The molecule has 1 fully saturated rings. The van der Waals surface area contributed by atoms with Gasteiger partial charge in [-0.1, -0.05) is 19.9 Å². The van der Waals surface area contributed by atoms with Crippen LogP contribution in [0.5, 0.6) is 5.75 Å². The molecule has 3 rings (SSSR count). The monoisotopic (exact) mass is 259 g/mol. The van der Waals surface area contributed by atoms with Gasteiger partial charge in [0, 0.05) is 12.1 Å². The van der Waals surface area contributed by atoms with Crippen molar-refractivity contribution in [3.63, 3.8) is 0 Å². The molecule has 19 heavy (non-hydrogen) atoms. The number of likely N-dealkylation sites (tertiary alicyclic amines) is 1. The molecule has 1 aromatic rings. The predicted octanol–water partition coefficient (Wildman–Crippen LogP) is 3.89. The molecule has 2 unspecified atom stereocenters. The molecular weight excluding hydrogens is 234 g/mol. The molecule has 0 amide bonds. The van der Waals surface area contributed by atoms with Crippen molar-refractivity contribution in [1.29, 1.82) is 0 Å². The highest BCUT2D eigenvalue weighted by Gasteiger charge is 2.35. The average molecular weight is 259 g/mol. The Labute approximate surface area is 116 Å². The number of aromatic hydroxyl groups is 1. The molecule has 1 saturated heterocycles. The maximum Gasteiger partial charge on any atom is 0.115 e. The Kier molecular flexibility index (Phi) is 3.53. The molecule has 0 bridgehead atoms. The van der Waals surface area contributed by atoms with Crippen molar-refractivity contribution in [1.82, 2.24) is 4.90 Å². The van der Waals surface area contributed by atoms with Crippen LogP contribution in [0.1, 0.15) is 56.7 Å². The molecule has 2 atom stereocenters. The maximum atomic E-state index is 9.81. The highest BCUT2D eigenvalue weighted by Crippen LogP contribution is 2.40. The standard InChI is InChI=1S/C17H25NO/c1-12(2)16-7-4-10-18(16)17-6-3-5-13-8-9-14(19)11-15(13)17/h8-9,11-12,16-17,19H,3-7,10H2,1-2H3. The van der Waals surface area contributed by atoms with Gasteiger partial charge in [0.1, 0.15) is 5.75 Å². The Balaban J connectivity index is 1.92. The van der Waals surface area contributed by atoms with E-state index in [1.807, 2.05) is 12.1 Å². The molecule has 0 radical (unpaired) electrons. The Morgan fingerprint density at radius 2 is 2.05 bits per heavy atom. The largest absolute Gasteiger partial charge is 0.508 e. The summed E-state index contributed by atoms with van der Waals surface area (Å²) in [6.07, 6.45) is 6.37. The Morgan fingerprint density at radius 3 is 2.84 bits per heavy atom. The molecule has 2 heteroatoms. The Morgan fingerprint density at radius 1 is 1.21 bits per heavy atom. The lowest BCUT2D eigenvalue weighted by molar-refractivity contribution is 0.132. The van der Waals surface area contributed by atoms with Crippen LogP contribution in [0.4, 0.5) is 0 Å². The number of hydrogen-bond donors (Lipinski definition) is 1. The summed E-state index contributed by atoms with van der Waals surface area (Å²) in [4.78, 5) is 2.71. The first-order valence-electron chi connectivity index (χ1n) is 7.74. The molecule has 1 N–H and O–H groups in total. The van der Waals surface area contributed by atoms with Crippen molar-refractivity contribution in [2.45, 2.75) is 58.0 Å². The van der Waals surface area contributed by atoms with Crippen LogP contribution in [0.2, 0.25) is 0 Å². The van der Waals surface area contributed by atoms with Crippen molar-refractivity contribution in [3.8, 4) is 5.75 Å². The lowest BCUT2D eigenvalue weighted by Crippen LogP contribution is -2.38. The van der Waals surface area contributed by atoms with Crippen LogP contribution in [0, 0.1) is 5.92 Å². The molecule has 1 aliphatic carbocycles. The quantitative estimate of drug-likeness (QED) is 0.871. The molecule has 0 saturated carbocycles. The normalized spacial score (nSPS) is 27.7. The van der Waals surface area contributed by atoms with Crippen molar-refractivity contribution in [2.75, 3.05) is 6.54 Å². The minimum atomic E-state index is 0.422. The van der Waals surface area contributed by atoms with E-state index < -0.39 is 0 Å². The molecule has 0 aromatic heterocycles. The number of benzene rings is 1. The number of aryl methyl sites for hydroxylation is 1.